The van der Waals surface area contributed by atoms with Crippen molar-refractivity contribution in [3.8, 4) is 5.75 Å². The molecule has 0 unspecified atom stereocenters. The number of hydrogen-bond donors (Lipinski definition) is 4. The van der Waals surface area contributed by atoms with Gasteiger partial charge >= 0.3 is 11.9 Å². The molecule has 1 heterocycles. The van der Waals surface area contributed by atoms with Crippen molar-refractivity contribution in [3.63, 3.8) is 0 Å². The van der Waals surface area contributed by atoms with Crippen LogP contribution in [0.25, 0.3) is 0 Å². The fourth-order valence-electron chi connectivity index (χ4n) is 5.16. The van der Waals surface area contributed by atoms with Crippen LogP contribution in [-0.2, 0) is 30.7 Å². The van der Waals surface area contributed by atoms with Crippen molar-refractivity contribution in [3.05, 3.63) is 59.2 Å². The monoisotopic (exact) mass is 653 g/mol. The second-order valence-corrected chi connectivity index (χ2v) is 15.2. The number of esters is 1. The molecule has 0 aliphatic carbocycles. The highest BCUT2D eigenvalue weighted by molar-refractivity contribution is 8.76. The van der Waals surface area contributed by atoms with Crippen LogP contribution in [0.1, 0.15) is 62.3 Å². The summed E-state index contributed by atoms with van der Waals surface area (Å²) in [4.78, 5) is 23.7. The molecule has 1 aliphatic heterocycles. The summed E-state index contributed by atoms with van der Waals surface area (Å²) in [5.74, 6) is -0.687. The number of carbonyl (C=O) groups excluding carboxylic acids is 1. The van der Waals surface area contributed by atoms with Gasteiger partial charge in [0.15, 0.2) is 9.84 Å². The summed E-state index contributed by atoms with van der Waals surface area (Å²) in [6.07, 6.45) is 3.22. The van der Waals surface area contributed by atoms with Crippen LogP contribution in [0.3, 0.4) is 0 Å². The number of nitrogens with two attached hydrogens (primary N) is 1. The van der Waals surface area contributed by atoms with Crippen molar-refractivity contribution in [1.29, 1.82) is 0 Å². The number of carboxylic acid groups (broad SMARTS) is 1. The van der Waals surface area contributed by atoms with Gasteiger partial charge in [0.1, 0.15) is 17.8 Å². The van der Waals surface area contributed by atoms with Gasteiger partial charge in [-0.15, -0.1) is 0 Å². The maximum absolute atomic E-state index is 14.1. The third-order valence-corrected chi connectivity index (χ3v) is 12.1. The molecule has 13 heteroatoms. The summed E-state index contributed by atoms with van der Waals surface area (Å²) < 4.78 is 38.5. The van der Waals surface area contributed by atoms with Crippen LogP contribution >= 0.6 is 21.6 Å². The lowest BCUT2D eigenvalue weighted by molar-refractivity contribution is -0.141. The average Bonchev–Trinajstić information content (AvgIpc) is 3.10. The van der Waals surface area contributed by atoms with Crippen molar-refractivity contribution in [2.45, 2.75) is 74.6 Å². The number of rotatable bonds is 16. The standard InChI is InChI=1S/C30H43N3O7S3/c1-5-7-13-30(6-2)19-43(37,38)26-14-21(16-32-24(28(34)35)18-42-41-17-23(31)29(36)40-4)25(39-3)15-22(26)27(33-30)20-11-9-8-10-12-20/h8-12,14-15,23-24,27,32-33H,5-7,13,16-19,31H2,1-4H3,(H,34,35)/t23-,24-,27+,30+/m0/s1. The average molecular weight is 654 g/mol. The van der Waals surface area contributed by atoms with Crippen LogP contribution in [0.2, 0.25) is 0 Å². The molecule has 0 amide bonds. The molecule has 10 nitrogen and oxygen atoms in total. The molecule has 0 aromatic heterocycles. The van der Waals surface area contributed by atoms with E-state index >= 15 is 0 Å². The van der Waals surface area contributed by atoms with Crippen molar-refractivity contribution in [2.24, 2.45) is 5.73 Å². The number of fused-ring (bicyclic) bond motifs is 1. The summed E-state index contributed by atoms with van der Waals surface area (Å²) in [7, 11) is 1.61. The van der Waals surface area contributed by atoms with E-state index in [1.54, 1.807) is 12.1 Å². The highest BCUT2D eigenvalue weighted by atomic mass is 33.1. The van der Waals surface area contributed by atoms with Gasteiger partial charge in [-0.3, -0.25) is 20.2 Å². The van der Waals surface area contributed by atoms with Crippen LogP contribution in [0.15, 0.2) is 47.4 Å². The molecule has 0 fully saturated rings. The first-order valence-corrected chi connectivity index (χ1v) is 18.4. The Bertz CT molecular complexity index is 1340. The van der Waals surface area contributed by atoms with E-state index in [0.29, 0.717) is 23.3 Å². The Balaban J connectivity index is 1.93. The van der Waals surface area contributed by atoms with Gasteiger partial charge < -0.3 is 20.3 Å². The number of aliphatic carboxylic acids is 1. The first kappa shape index (κ1) is 35.2. The minimum absolute atomic E-state index is 0.0364. The minimum atomic E-state index is -3.73. The summed E-state index contributed by atoms with van der Waals surface area (Å²) >= 11 is 0. The molecule has 2 aromatic rings. The number of carboxylic acids is 1. The molecule has 0 saturated heterocycles. The number of hydrogen-bond acceptors (Lipinski definition) is 11. The number of carbonyl (C=O) groups is 2. The van der Waals surface area contributed by atoms with E-state index in [-0.39, 0.29) is 34.7 Å². The van der Waals surface area contributed by atoms with Crippen molar-refractivity contribution < 1.29 is 32.6 Å². The van der Waals surface area contributed by atoms with Gasteiger partial charge in [-0.25, -0.2) is 8.42 Å². The molecule has 4 atom stereocenters. The SMILES string of the molecule is CCCC[C@]1(CC)CS(=O)(=O)c2cc(CN[C@@H](CSSC[C@H](N)C(=O)OC)C(=O)O)c(OC)cc2[C@@H](c2ccccc2)N1. The molecule has 3 rings (SSSR count). The summed E-state index contributed by atoms with van der Waals surface area (Å²) in [6, 6.07) is 11.1. The largest absolute Gasteiger partial charge is 0.496 e. The summed E-state index contributed by atoms with van der Waals surface area (Å²) in [5, 5.41) is 16.6. The predicted octanol–water partition coefficient (Wildman–Crippen LogP) is 3.93. The van der Waals surface area contributed by atoms with Gasteiger partial charge in [0.2, 0.25) is 0 Å². The first-order chi connectivity index (χ1) is 20.5. The van der Waals surface area contributed by atoms with Crippen molar-refractivity contribution >= 4 is 43.4 Å². The molecular formula is C30H43N3O7S3. The second kappa shape index (κ2) is 16.1. The Labute approximate surface area is 262 Å². The molecular weight excluding hydrogens is 611 g/mol. The number of methoxy groups -OCH3 is 2. The van der Waals surface area contributed by atoms with Crippen LogP contribution in [-0.4, -0.2) is 74.6 Å². The van der Waals surface area contributed by atoms with Gasteiger partial charge in [-0.1, -0.05) is 78.6 Å². The van der Waals surface area contributed by atoms with E-state index in [4.69, 9.17) is 10.5 Å². The molecule has 5 N–H and O–H groups in total. The lowest BCUT2D eigenvalue weighted by atomic mass is 9.88. The molecule has 0 saturated carbocycles. The van der Waals surface area contributed by atoms with E-state index in [1.807, 2.05) is 37.3 Å². The lowest BCUT2D eigenvalue weighted by Gasteiger charge is -2.36. The molecule has 0 spiro atoms. The van der Waals surface area contributed by atoms with Crippen LogP contribution in [0, 0.1) is 0 Å². The van der Waals surface area contributed by atoms with E-state index in [0.717, 1.165) is 24.8 Å². The zero-order chi connectivity index (χ0) is 31.6. The minimum Gasteiger partial charge on any atom is -0.496 e. The number of ether oxygens (including phenoxy) is 2. The zero-order valence-corrected chi connectivity index (χ0v) is 27.6. The number of sulfone groups is 1. The van der Waals surface area contributed by atoms with E-state index in [1.165, 1.54) is 35.8 Å². The predicted molar refractivity (Wildman–Crippen MR) is 172 cm³/mol. The summed E-state index contributed by atoms with van der Waals surface area (Å²) in [5.41, 5.74) is 7.25. The van der Waals surface area contributed by atoms with Gasteiger partial charge in [0.05, 0.1) is 30.9 Å². The fraction of sp³-hybridized carbons (Fsp3) is 0.533. The van der Waals surface area contributed by atoms with E-state index < -0.39 is 39.4 Å². The maximum atomic E-state index is 14.1. The fourth-order valence-corrected chi connectivity index (χ4v) is 9.63. The highest BCUT2D eigenvalue weighted by Crippen LogP contribution is 2.41. The first-order valence-electron chi connectivity index (χ1n) is 14.3. The third kappa shape index (κ3) is 9.11. The van der Waals surface area contributed by atoms with Crippen molar-refractivity contribution in [2.75, 3.05) is 31.5 Å². The smallest absolute Gasteiger partial charge is 0.323 e. The van der Waals surface area contributed by atoms with Crippen molar-refractivity contribution in [1.82, 2.24) is 10.6 Å². The Hall–Kier alpha value is -2.29. The molecule has 43 heavy (non-hydrogen) atoms. The quantitative estimate of drug-likeness (QED) is 0.118. The zero-order valence-electron chi connectivity index (χ0n) is 25.1. The number of nitrogens with one attached hydrogen (secondary N) is 2. The molecule has 238 valence electrons. The van der Waals surface area contributed by atoms with Gasteiger partial charge in [-0.2, -0.15) is 0 Å². The summed E-state index contributed by atoms with van der Waals surface area (Å²) in [6.45, 7) is 4.20. The molecule has 2 aromatic carbocycles. The normalized spacial score (nSPS) is 20.8. The third-order valence-electron chi connectivity index (χ3n) is 7.70. The van der Waals surface area contributed by atoms with Crippen LogP contribution < -0.4 is 21.1 Å². The topological polar surface area (TPSA) is 157 Å². The lowest BCUT2D eigenvalue weighted by Crippen LogP contribution is -2.50. The molecule has 0 bridgehead atoms. The maximum Gasteiger partial charge on any atom is 0.323 e. The number of unbranched alkanes of at least 4 members (excludes halogenated alkanes) is 1. The van der Waals surface area contributed by atoms with Gasteiger partial charge in [-0.05, 0) is 36.1 Å². The van der Waals surface area contributed by atoms with Crippen LogP contribution in [0.4, 0.5) is 0 Å². The number of benzene rings is 2. The Morgan fingerprint density at radius 2 is 1.86 bits per heavy atom. The second-order valence-electron chi connectivity index (χ2n) is 10.7. The van der Waals surface area contributed by atoms with E-state index in [2.05, 4.69) is 22.3 Å². The van der Waals surface area contributed by atoms with Crippen LogP contribution in [0.5, 0.6) is 5.75 Å². The molecule has 1 aliphatic rings. The Kier molecular flexibility index (Phi) is 13.2. The molecule has 0 radical (unpaired) electrons. The van der Waals surface area contributed by atoms with Gasteiger partial charge in [0.25, 0.3) is 0 Å². The van der Waals surface area contributed by atoms with E-state index in [9.17, 15) is 23.1 Å². The van der Waals surface area contributed by atoms with Gasteiger partial charge in [0, 0.05) is 29.2 Å². The Morgan fingerprint density at radius 1 is 1.16 bits per heavy atom. The highest BCUT2D eigenvalue weighted by Gasteiger charge is 2.42. The Morgan fingerprint density at radius 3 is 2.47 bits per heavy atom.